The van der Waals surface area contributed by atoms with Crippen LogP contribution in [0.4, 0.5) is 0 Å². The smallest absolute Gasteiger partial charge is 0.244 e. The third kappa shape index (κ3) is 3.78. The second-order valence-corrected chi connectivity index (χ2v) is 8.77. The molecule has 1 amide bonds. The van der Waals surface area contributed by atoms with Gasteiger partial charge in [-0.25, -0.2) is 8.42 Å². The quantitative estimate of drug-likeness (QED) is 0.804. The van der Waals surface area contributed by atoms with Crippen molar-refractivity contribution in [2.45, 2.75) is 29.6 Å². The van der Waals surface area contributed by atoms with Crippen molar-refractivity contribution in [1.82, 2.24) is 14.6 Å². The van der Waals surface area contributed by atoms with Crippen LogP contribution in [0.3, 0.4) is 0 Å². The van der Waals surface area contributed by atoms with Gasteiger partial charge in [-0.15, -0.1) is 0 Å². The van der Waals surface area contributed by atoms with Crippen LogP contribution in [-0.4, -0.2) is 43.8 Å². The van der Waals surface area contributed by atoms with Crippen LogP contribution < -0.4 is 5.32 Å². The van der Waals surface area contributed by atoms with Crippen molar-refractivity contribution in [3.63, 3.8) is 0 Å². The number of sulfonamides is 1. The molecule has 6 nitrogen and oxygen atoms in total. The number of hydrogen-bond donors (Lipinski definition) is 1. The zero-order valence-corrected chi connectivity index (χ0v) is 15.6. The van der Waals surface area contributed by atoms with Gasteiger partial charge in [0.2, 0.25) is 15.9 Å². The zero-order valence-electron chi connectivity index (χ0n) is 14.8. The van der Waals surface area contributed by atoms with Gasteiger partial charge >= 0.3 is 0 Å². The summed E-state index contributed by atoms with van der Waals surface area (Å²) in [6, 6.07) is 13.2. The molecule has 1 fully saturated rings. The summed E-state index contributed by atoms with van der Waals surface area (Å²) in [7, 11) is -2.32. The molecular weight excluding hydrogens is 350 g/mol. The molecular formula is C19H23N3O3S. The Morgan fingerprint density at radius 2 is 1.92 bits per heavy atom. The predicted molar refractivity (Wildman–Crippen MR) is 99.0 cm³/mol. The molecule has 1 aliphatic rings. The highest BCUT2D eigenvalue weighted by Gasteiger charge is 2.38. The molecule has 0 unspecified atom stereocenters. The number of amides is 1. The van der Waals surface area contributed by atoms with Crippen LogP contribution >= 0.6 is 0 Å². The number of nitrogens with one attached hydrogen (secondary N) is 1. The average molecular weight is 373 g/mol. The van der Waals surface area contributed by atoms with Gasteiger partial charge in [-0.05, 0) is 30.5 Å². The molecule has 1 saturated carbocycles. The van der Waals surface area contributed by atoms with E-state index in [1.807, 2.05) is 18.2 Å². The maximum atomic E-state index is 12.5. The summed E-state index contributed by atoms with van der Waals surface area (Å²) in [4.78, 5) is 16.2. The number of likely N-dealkylation sites (N-methyl/N-ethyl adjacent to an activating group) is 1. The van der Waals surface area contributed by atoms with Gasteiger partial charge in [0.05, 0.1) is 6.54 Å². The minimum absolute atomic E-state index is 0.0300. The summed E-state index contributed by atoms with van der Waals surface area (Å²) >= 11 is 0. The van der Waals surface area contributed by atoms with Gasteiger partial charge in [-0.2, -0.15) is 4.31 Å². The van der Waals surface area contributed by atoms with Crippen LogP contribution in [0.25, 0.3) is 0 Å². The molecule has 0 aliphatic heterocycles. The van der Waals surface area contributed by atoms with E-state index in [-0.39, 0.29) is 22.8 Å². The first-order chi connectivity index (χ1) is 12.4. The van der Waals surface area contributed by atoms with E-state index in [9.17, 15) is 13.2 Å². The molecule has 138 valence electrons. The molecule has 0 radical (unpaired) electrons. The SMILES string of the molecule is CN(CC(=O)NCC1(c2ccccc2)CCC1)S(=O)(=O)c1cccnc1. The van der Waals surface area contributed by atoms with Crippen molar-refractivity contribution in [2.75, 3.05) is 20.1 Å². The van der Waals surface area contributed by atoms with Gasteiger partial charge in [0.25, 0.3) is 0 Å². The Labute approximate surface area is 154 Å². The molecule has 26 heavy (non-hydrogen) atoms. The summed E-state index contributed by atoms with van der Waals surface area (Å²) in [5.41, 5.74) is 1.19. The molecule has 0 bridgehead atoms. The molecule has 1 N–H and O–H groups in total. The van der Waals surface area contributed by atoms with Crippen molar-refractivity contribution in [1.29, 1.82) is 0 Å². The summed E-state index contributed by atoms with van der Waals surface area (Å²) in [6.07, 6.45) is 5.98. The van der Waals surface area contributed by atoms with E-state index in [0.717, 1.165) is 23.6 Å². The van der Waals surface area contributed by atoms with E-state index < -0.39 is 10.0 Å². The van der Waals surface area contributed by atoms with Crippen molar-refractivity contribution < 1.29 is 13.2 Å². The Balaban J connectivity index is 1.61. The summed E-state index contributed by atoms with van der Waals surface area (Å²) in [6.45, 7) is 0.304. The lowest BCUT2D eigenvalue weighted by molar-refractivity contribution is -0.121. The Kier molecular flexibility index (Phi) is 5.38. The van der Waals surface area contributed by atoms with E-state index in [0.29, 0.717) is 6.54 Å². The molecule has 1 aliphatic carbocycles. The minimum Gasteiger partial charge on any atom is -0.354 e. The van der Waals surface area contributed by atoms with Crippen LogP contribution in [-0.2, 0) is 20.2 Å². The lowest BCUT2D eigenvalue weighted by Gasteiger charge is -2.42. The standard InChI is InChI=1S/C19H23N3O3S/c1-22(26(24,25)17-9-5-12-20-13-17)14-18(23)21-15-19(10-6-11-19)16-7-3-2-4-8-16/h2-5,7-9,12-13H,6,10-11,14-15H2,1H3,(H,21,23). The highest BCUT2D eigenvalue weighted by atomic mass is 32.2. The maximum Gasteiger partial charge on any atom is 0.244 e. The van der Waals surface area contributed by atoms with Gasteiger partial charge in [0, 0.05) is 31.4 Å². The molecule has 1 heterocycles. The predicted octanol–water partition coefficient (Wildman–Crippen LogP) is 1.94. The molecule has 3 rings (SSSR count). The first-order valence-electron chi connectivity index (χ1n) is 8.63. The fourth-order valence-corrected chi connectivity index (χ4v) is 4.34. The monoisotopic (exact) mass is 373 g/mol. The third-order valence-corrected chi connectivity index (χ3v) is 6.82. The first kappa shape index (κ1) is 18.5. The minimum atomic E-state index is -3.72. The number of rotatable bonds is 7. The van der Waals surface area contributed by atoms with E-state index in [4.69, 9.17) is 0 Å². The van der Waals surface area contributed by atoms with Crippen LogP contribution in [0.15, 0.2) is 59.8 Å². The number of hydrogen-bond acceptors (Lipinski definition) is 4. The number of aromatic nitrogens is 1. The van der Waals surface area contributed by atoms with E-state index in [2.05, 4.69) is 22.4 Å². The zero-order chi connectivity index (χ0) is 18.6. The van der Waals surface area contributed by atoms with Gasteiger partial charge < -0.3 is 5.32 Å². The number of nitrogens with zero attached hydrogens (tertiary/aromatic N) is 2. The molecule has 7 heteroatoms. The average Bonchev–Trinajstić information content (AvgIpc) is 2.62. The molecule has 1 aromatic heterocycles. The number of carbonyl (C=O) groups is 1. The molecule has 0 atom stereocenters. The van der Waals surface area contributed by atoms with Gasteiger partial charge in [0.15, 0.2) is 0 Å². The van der Waals surface area contributed by atoms with Crippen LogP contribution in [0.2, 0.25) is 0 Å². The van der Waals surface area contributed by atoms with Crippen LogP contribution in [0.1, 0.15) is 24.8 Å². The summed E-state index contributed by atoms with van der Waals surface area (Å²) < 4.78 is 26.0. The van der Waals surface area contributed by atoms with E-state index in [1.54, 1.807) is 6.07 Å². The highest BCUT2D eigenvalue weighted by molar-refractivity contribution is 7.89. The number of benzene rings is 1. The van der Waals surface area contributed by atoms with Gasteiger partial charge in [-0.1, -0.05) is 36.8 Å². The maximum absolute atomic E-state index is 12.5. The van der Waals surface area contributed by atoms with E-state index in [1.165, 1.54) is 31.1 Å². The lowest BCUT2D eigenvalue weighted by atomic mass is 9.64. The lowest BCUT2D eigenvalue weighted by Crippen LogP contribution is -2.48. The highest BCUT2D eigenvalue weighted by Crippen LogP contribution is 2.43. The summed E-state index contributed by atoms with van der Waals surface area (Å²) in [5, 5.41) is 2.92. The second-order valence-electron chi connectivity index (χ2n) is 6.73. The normalized spacial score (nSPS) is 16.1. The van der Waals surface area contributed by atoms with Gasteiger partial charge in [0.1, 0.15) is 4.90 Å². The fraction of sp³-hybridized carbons (Fsp3) is 0.368. The molecule has 1 aromatic carbocycles. The fourth-order valence-electron chi connectivity index (χ4n) is 3.25. The van der Waals surface area contributed by atoms with Crippen LogP contribution in [0, 0.1) is 0 Å². The Morgan fingerprint density at radius 3 is 2.50 bits per heavy atom. The van der Waals surface area contributed by atoms with Crippen molar-refractivity contribution in [2.24, 2.45) is 0 Å². The molecule has 2 aromatic rings. The van der Waals surface area contributed by atoms with Gasteiger partial charge in [-0.3, -0.25) is 9.78 Å². The summed E-state index contributed by atoms with van der Waals surface area (Å²) in [5.74, 6) is -0.304. The second kappa shape index (κ2) is 7.55. The Hall–Kier alpha value is -2.25. The largest absolute Gasteiger partial charge is 0.354 e. The first-order valence-corrected chi connectivity index (χ1v) is 10.1. The molecule has 0 saturated heterocycles. The Bertz CT molecular complexity index is 850. The van der Waals surface area contributed by atoms with Crippen molar-refractivity contribution >= 4 is 15.9 Å². The Morgan fingerprint density at radius 1 is 1.19 bits per heavy atom. The topological polar surface area (TPSA) is 79.4 Å². The van der Waals surface area contributed by atoms with E-state index >= 15 is 0 Å². The molecule has 0 spiro atoms. The van der Waals surface area contributed by atoms with Crippen LogP contribution in [0.5, 0.6) is 0 Å². The van der Waals surface area contributed by atoms with Crippen molar-refractivity contribution in [3.05, 3.63) is 60.4 Å². The number of pyridine rings is 1. The number of carbonyl (C=O) groups excluding carboxylic acids is 1. The van der Waals surface area contributed by atoms with Crippen molar-refractivity contribution in [3.8, 4) is 0 Å². The third-order valence-electron chi connectivity index (χ3n) is 5.03.